The van der Waals surface area contributed by atoms with Gasteiger partial charge in [-0.05, 0) is 25.0 Å². The zero-order valence-corrected chi connectivity index (χ0v) is 13.8. The molecule has 0 spiro atoms. The first kappa shape index (κ1) is 17.4. The van der Waals surface area contributed by atoms with Gasteiger partial charge >= 0.3 is 0 Å². The van der Waals surface area contributed by atoms with Crippen LogP contribution in [0.25, 0.3) is 0 Å². The average Bonchev–Trinajstić information content (AvgIpc) is 2.46. The molecule has 0 aliphatic heterocycles. The Balaban J connectivity index is 3.02. The SMILES string of the molecule is CCCC(CCC)(C(=O)Nc1cccc(OC)c1)C(N)=S. The molecule has 3 N–H and O–H groups in total. The fourth-order valence-electron chi connectivity index (χ4n) is 2.52. The van der Waals surface area contributed by atoms with Gasteiger partial charge in [0.25, 0.3) is 0 Å². The van der Waals surface area contributed by atoms with E-state index in [4.69, 9.17) is 22.7 Å². The van der Waals surface area contributed by atoms with E-state index in [1.807, 2.05) is 32.0 Å². The summed E-state index contributed by atoms with van der Waals surface area (Å²) in [5.41, 5.74) is 5.81. The number of carbonyl (C=O) groups is 1. The third-order valence-electron chi connectivity index (χ3n) is 3.59. The molecule has 5 heteroatoms. The van der Waals surface area contributed by atoms with Crippen LogP contribution in [0.2, 0.25) is 0 Å². The Labute approximate surface area is 132 Å². The third-order valence-corrected chi connectivity index (χ3v) is 3.98. The van der Waals surface area contributed by atoms with Crippen molar-refractivity contribution in [2.24, 2.45) is 11.1 Å². The van der Waals surface area contributed by atoms with Crippen LogP contribution in [0.1, 0.15) is 39.5 Å². The lowest BCUT2D eigenvalue weighted by molar-refractivity contribution is -0.122. The summed E-state index contributed by atoms with van der Waals surface area (Å²) in [5.74, 6) is 0.562. The molecule has 0 saturated heterocycles. The minimum absolute atomic E-state index is 0.132. The van der Waals surface area contributed by atoms with Crippen molar-refractivity contribution in [3.05, 3.63) is 24.3 Å². The largest absolute Gasteiger partial charge is 0.497 e. The second-order valence-electron chi connectivity index (χ2n) is 5.13. The average molecular weight is 308 g/mol. The molecule has 1 amide bonds. The van der Waals surface area contributed by atoms with Crippen LogP contribution in [-0.4, -0.2) is 18.0 Å². The molecule has 0 atom stereocenters. The van der Waals surface area contributed by atoms with Crippen LogP contribution in [-0.2, 0) is 4.79 Å². The molecule has 1 aromatic carbocycles. The summed E-state index contributed by atoms with van der Waals surface area (Å²) in [6.07, 6.45) is 3.02. The standard InChI is InChI=1S/C16H24N2O2S/c1-4-9-16(10-5-2,14(17)21)15(19)18-12-7-6-8-13(11-12)20-3/h6-8,11H,4-5,9-10H2,1-3H3,(H2,17,21)(H,18,19). The first-order valence-electron chi connectivity index (χ1n) is 7.25. The number of hydrogen-bond acceptors (Lipinski definition) is 3. The zero-order valence-electron chi connectivity index (χ0n) is 12.9. The van der Waals surface area contributed by atoms with Crippen LogP contribution >= 0.6 is 12.2 Å². The summed E-state index contributed by atoms with van der Waals surface area (Å²) in [7, 11) is 1.59. The van der Waals surface area contributed by atoms with Gasteiger partial charge in [-0.2, -0.15) is 0 Å². The van der Waals surface area contributed by atoms with Crippen LogP contribution in [0, 0.1) is 5.41 Å². The van der Waals surface area contributed by atoms with Crippen LogP contribution in [0.3, 0.4) is 0 Å². The zero-order chi connectivity index (χ0) is 15.9. The molecular formula is C16H24N2O2S. The van der Waals surface area contributed by atoms with E-state index in [1.165, 1.54) is 0 Å². The maximum absolute atomic E-state index is 12.7. The van der Waals surface area contributed by atoms with Crippen molar-refractivity contribution in [2.75, 3.05) is 12.4 Å². The van der Waals surface area contributed by atoms with Crippen molar-refractivity contribution < 1.29 is 9.53 Å². The third kappa shape index (κ3) is 4.17. The molecule has 0 bridgehead atoms. The minimum Gasteiger partial charge on any atom is -0.497 e. The molecular weight excluding hydrogens is 284 g/mol. The monoisotopic (exact) mass is 308 g/mol. The smallest absolute Gasteiger partial charge is 0.237 e. The maximum atomic E-state index is 12.7. The quantitative estimate of drug-likeness (QED) is 0.721. The minimum atomic E-state index is -0.776. The number of anilines is 1. The molecule has 0 aliphatic carbocycles. The van der Waals surface area contributed by atoms with E-state index in [0.717, 1.165) is 12.8 Å². The molecule has 1 aromatic rings. The summed E-state index contributed by atoms with van der Waals surface area (Å²) < 4.78 is 5.16. The van der Waals surface area contributed by atoms with Gasteiger partial charge in [-0.3, -0.25) is 4.79 Å². The molecule has 116 valence electrons. The number of carbonyl (C=O) groups excluding carboxylic acids is 1. The number of ether oxygens (including phenoxy) is 1. The molecule has 4 nitrogen and oxygen atoms in total. The van der Waals surface area contributed by atoms with Crippen molar-refractivity contribution in [1.29, 1.82) is 0 Å². The highest BCUT2D eigenvalue weighted by atomic mass is 32.1. The van der Waals surface area contributed by atoms with Gasteiger partial charge in [-0.15, -0.1) is 0 Å². The summed E-state index contributed by atoms with van der Waals surface area (Å²) >= 11 is 5.19. The van der Waals surface area contributed by atoms with Crippen molar-refractivity contribution in [3.63, 3.8) is 0 Å². The number of nitrogens with two attached hydrogens (primary N) is 1. The number of methoxy groups -OCH3 is 1. The number of amides is 1. The van der Waals surface area contributed by atoms with E-state index in [1.54, 1.807) is 13.2 Å². The lowest BCUT2D eigenvalue weighted by atomic mass is 9.78. The predicted octanol–water partition coefficient (Wildman–Crippen LogP) is 3.51. The van der Waals surface area contributed by atoms with Gasteiger partial charge in [0, 0.05) is 11.8 Å². The Morgan fingerprint density at radius 2 is 1.95 bits per heavy atom. The summed E-state index contributed by atoms with van der Waals surface area (Å²) in [5, 5.41) is 2.92. The van der Waals surface area contributed by atoms with Crippen molar-refractivity contribution in [1.82, 2.24) is 0 Å². The number of benzene rings is 1. The van der Waals surface area contributed by atoms with Gasteiger partial charge in [0.1, 0.15) is 5.75 Å². The van der Waals surface area contributed by atoms with E-state index in [-0.39, 0.29) is 10.9 Å². The highest BCUT2D eigenvalue weighted by Gasteiger charge is 2.39. The van der Waals surface area contributed by atoms with Crippen molar-refractivity contribution >= 4 is 28.8 Å². The number of thiocarbonyl (C=S) groups is 1. The van der Waals surface area contributed by atoms with E-state index >= 15 is 0 Å². The topological polar surface area (TPSA) is 64.3 Å². The first-order valence-corrected chi connectivity index (χ1v) is 7.66. The molecule has 0 unspecified atom stereocenters. The van der Waals surface area contributed by atoms with Crippen LogP contribution in [0.5, 0.6) is 5.75 Å². The molecule has 0 heterocycles. The van der Waals surface area contributed by atoms with Gasteiger partial charge < -0.3 is 15.8 Å². The Hall–Kier alpha value is -1.62. The molecule has 21 heavy (non-hydrogen) atoms. The second kappa shape index (κ2) is 7.98. The lowest BCUT2D eigenvalue weighted by Crippen LogP contribution is -2.46. The van der Waals surface area contributed by atoms with Gasteiger partial charge in [-0.1, -0.05) is 45.0 Å². The van der Waals surface area contributed by atoms with Crippen LogP contribution in [0.15, 0.2) is 24.3 Å². The Morgan fingerprint density at radius 1 is 1.33 bits per heavy atom. The lowest BCUT2D eigenvalue weighted by Gasteiger charge is -2.31. The van der Waals surface area contributed by atoms with E-state index < -0.39 is 5.41 Å². The van der Waals surface area contributed by atoms with E-state index in [2.05, 4.69) is 5.32 Å². The van der Waals surface area contributed by atoms with Crippen LogP contribution < -0.4 is 15.8 Å². The number of rotatable bonds is 8. The fourth-order valence-corrected chi connectivity index (χ4v) is 2.81. The number of hydrogen-bond donors (Lipinski definition) is 2. The van der Waals surface area contributed by atoms with E-state index in [9.17, 15) is 4.79 Å². The highest BCUT2D eigenvalue weighted by Crippen LogP contribution is 2.32. The Morgan fingerprint density at radius 3 is 2.43 bits per heavy atom. The second-order valence-corrected chi connectivity index (χ2v) is 5.57. The molecule has 1 rings (SSSR count). The Kier molecular flexibility index (Phi) is 6.62. The Bertz CT molecular complexity index is 497. The van der Waals surface area contributed by atoms with E-state index in [0.29, 0.717) is 24.3 Å². The molecule has 0 radical (unpaired) electrons. The van der Waals surface area contributed by atoms with Gasteiger partial charge in [0.15, 0.2) is 0 Å². The molecule has 0 saturated carbocycles. The normalized spacial score (nSPS) is 11.0. The number of nitrogens with one attached hydrogen (secondary N) is 1. The molecule has 0 aromatic heterocycles. The summed E-state index contributed by atoms with van der Waals surface area (Å²) in [6.45, 7) is 4.06. The van der Waals surface area contributed by atoms with Crippen molar-refractivity contribution in [3.8, 4) is 5.75 Å². The van der Waals surface area contributed by atoms with Crippen LogP contribution in [0.4, 0.5) is 5.69 Å². The van der Waals surface area contributed by atoms with Gasteiger partial charge in [0.2, 0.25) is 5.91 Å². The fraction of sp³-hybridized carbons (Fsp3) is 0.500. The van der Waals surface area contributed by atoms with Gasteiger partial charge in [0.05, 0.1) is 17.5 Å². The predicted molar refractivity (Wildman–Crippen MR) is 90.7 cm³/mol. The van der Waals surface area contributed by atoms with Crippen molar-refractivity contribution in [2.45, 2.75) is 39.5 Å². The molecule has 0 fully saturated rings. The van der Waals surface area contributed by atoms with Gasteiger partial charge in [-0.25, -0.2) is 0 Å². The maximum Gasteiger partial charge on any atom is 0.237 e. The molecule has 0 aliphatic rings. The first-order chi connectivity index (χ1) is 10.00. The highest BCUT2D eigenvalue weighted by molar-refractivity contribution is 7.80. The summed E-state index contributed by atoms with van der Waals surface area (Å²) in [6, 6.07) is 7.26. The summed E-state index contributed by atoms with van der Waals surface area (Å²) in [4.78, 5) is 13.0.